The fourth-order valence-corrected chi connectivity index (χ4v) is 2.14. The number of ketones is 1. The van der Waals surface area contributed by atoms with Crippen LogP contribution >= 0.6 is 0 Å². The zero-order valence-electron chi connectivity index (χ0n) is 13.1. The predicted octanol–water partition coefficient (Wildman–Crippen LogP) is 3.94. The minimum absolute atomic E-state index is 0.0991. The third-order valence-electron chi connectivity index (χ3n) is 3.59. The van der Waals surface area contributed by atoms with Crippen molar-refractivity contribution in [3.8, 4) is 0 Å². The molecule has 1 atom stereocenters. The number of hydrogen-bond acceptors (Lipinski definition) is 3. The Morgan fingerprint density at radius 1 is 1.19 bits per heavy atom. The maximum atomic E-state index is 12.4. The number of furan rings is 1. The first kappa shape index (κ1) is 15.5. The largest absolute Gasteiger partial charge is 0.468 e. The minimum Gasteiger partial charge on any atom is -0.468 e. The topological polar surface area (TPSA) is 42.2 Å². The minimum atomic E-state index is -0.240. The Bertz CT molecular complexity index is 577. The Morgan fingerprint density at radius 3 is 2.38 bits per heavy atom. The Kier molecular flexibility index (Phi) is 4.63. The first-order valence-electron chi connectivity index (χ1n) is 7.28. The molecule has 0 saturated carbocycles. The van der Waals surface area contributed by atoms with Crippen LogP contribution in [0.2, 0.25) is 0 Å². The number of carbonyl (C=O) groups excluding carboxylic acids is 1. The van der Waals surface area contributed by atoms with Gasteiger partial charge in [-0.25, -0.2) is 0 Å². The van der Waals surface area contributed by atoms with Gasteiger partial charge >= 0.3 is 0 Å². The fourth-order valence-electron chi connectivity index (χ4n) is 2.14. The first-order valence-corrected chi connectivity index (χ1v) is 7.28. The predicted molar refractivity (Wildman–Crippen MR) is 84.5 cm³/mol. The molecule has 0 spiro atoms. The van der Waals surface area contributed by atoms with E-state index in [4.69, 9.17) is 4.42 Å². The smallest absolute Gasteiger partial charge is 0.179 e. The van der Waals surface area contributed by atoms with Crippen molar-refractivity contribution in [3.05, 3.63) is 59.5 Å². The Balaban J connectivity index is 1.98. The number of Topliss-reactive ketones (excluding diaryl/α,β-unsaturated/α-hetero) is 1. The summed E-state index contributed by atoms with van der Waals surface area (Å²) in [6.07, 6.45) is 1.63. The number of carbonyl (C=O) groups is 1. The van der Waals surface area contributed by atoms with Crippen LogP contribution in [0.4, 0.5) is 0 Å². The van der Waals surface area contributed by atoms with Gasteiger partial charge in [0.05, 0.1) is 18.8 Å². The second kappa shape index (κ2) is 6.27. The molecule has 2 rings (SSSR count). The lowest BCUT2D eigenvalue weighted by Gasteiger charge is -2.19. The van der Waals surface area contributed by atoms with Crippen molar-refractivity contribution in [1.82, 2.24) is 5.32 Å². The van der Waals surface area contributed by atoms with E-state index in [9.17, 15) is 4.79 Å². The Labute approximate surface area is 126 Å². The van der Waals surface area contributed by atoms with Crippen molar-refractivity contribution in [2.24, 2.45) is 0 Å². The molecular weight excluding hydrogens is 262 g/mol. The van der Waals surface area contributed by atoms with Crippen LogP contribution in [0.15, 0.2) is 47.1 Å². The van der Waals surface area contributed by atoms with Gasteiger partial charge < -0.3 is 9.73 Å². The normalized spacial score (nSPS) is 13.1. The number of rotatable bonds is 5. The van der Waals surface area contributed by atoms with Crippen molar-refractivity contribution in [1.29, 1.82) is 0 Å². The van der Waals surface area contributed by atoms with Crippen LogP contribution in [0.3, 0.4) is 0 Å². The standard InChI is InChI=1S/C18H23NO2/c1-13(19-12-16-6-5-11-21-16)17(20)14-7-9-15(10-8-14)18(2,3)4/h5-11,13,19H,12H2,1-4H3. The van der Waals surface area contributed by atoms with E-state index < -0.39 is 0 Å². The first-order chi connectivity index (χ1) is 9.88. The van der Waals surface area contributed by atoms with Gasteiger partial charge in [0.2, 0.25) is 0 Å². The average molecular weight is 285 g/mol. The summed E-state index contributed by atoms with van der Waals surface area (Å²) < 4.78 is 5.25. The lowest BCUT2D eigenvalue weighted by atomic mass is 9.86. The molecule has 1 aromatic heterocycles. The van der Waals surface area contributed by atoms with E-state index in [1.807, 2.05) is 43.3 Å². The van der Waals surface area contributed by atoms with Gasteiger partial charge in [-0.3, -0.25) is 4.79 Å². The van der Waals surface area contributed by atoms with Gasteiger partial charge in [-0.1, -0.05) is 45.0 Å². The molecule has 2 aromatic rings. The van der Waals surface area contributed by atoms with Crippen molar-refractivity contribution in [2.75, 3.05) is 0 Å². The lowest BCUT2D eigenvalue weighted by molar-refractivity contribution is 0.0949. The van der Waals surface area contributed by atoms with Crippen molar-refractivity contribution < 1.29 is 9.21 Å². The van der Waals surface area contributed by atoms with Crippen molar-refractivity contribution in [2.45, 2.75) is 45.7 Å². The molecule has 1 heterocycles. The highest BCUT2D eigenvalue weighted by Gasteiger charge is 2.17. The summed E-state index contributed by atoms with van der Waals surface area (Å²) in [7, 11) is 0. The van der Waals surface area contributed by atoms with Gasteiger partial charge in [0.25, 0.3) is 0 Å². The molecule has 0 bridgehead atoms. The van der Waals surface area contributed by atoms with E-state index in [0.29, 0.717) is 6.54 Å². The Morgan fingerprint density at radius 2 is 1.86 bits per heavy atom. The maximum Gasteiger partial charge on any atom is 0.179 e. The molecule has 112 valence electrons. The van der Waals surface area contributed by atoms with Crippen LogP contribution in [0.25, 0.3) is 0 Å². The van der Waals surface area contributed by atoms with Crippen LogP contribution in [0.5, 0.6) is 0 Å². The summed E-state index contributed by atoms with van der Waals surface area (Å²) in [5.74, 6) is 0.930. The number of hydrogen-bond donors (Lipinski definition) is 1. The van der Waals surface area contributed by atoms with Crippen molar-refractivity contribution >= 4 is 5.78 Å². The molecular formula is C18H23NO2. The Hall–Kier alpha value is -1.87. The van der Waals surface area contributed by atoms with Gasteiger partial charge in [-0.2, -0.15) is 0 Å². The van der Waals surface area contributed by atoms with E-state index >= 15 is 0 Å². The van der Waals surface area contributed by atoms with E-state index in [2.05, 4.69) is 26.1 Å². The third kappa shape index (κ3) is 4.05. The molecule has 0 aliphatic rings. The van der Waals surface area contributed by atoms with E-state index in [-0.39, 0.29) is 17.2 Å². The molecule has 3 heteroatoms. The van der Waals surface area contributed by atoms with E-state index in [1.165, 1.54) is 5.56 Å². The van der Waals surface area contributed by atoms with Crippen LogP contribution in [0, 0.1) is 0 Å². The highest BCUT2D eigenvalue weighted by molar-refractivity contribution is 5.99. The van der Waals surface area contributed by atoms with Gasteiger partial charge in [-0.15, -0.1) is 0 Å². The molecule has 0 fully saturated rings. The second-order valence-electron chi connectivity index (χ2n) is 6.37. The highest BCUT2D eigenvalue weighted by atomic mass is 16.3. The quantitative estimate of drug-likeness (QED) is 0.846. The third-order valence-corrected chi connectivity index (χ3v) is 3.59. The van der Waals surface area contributed by atoms with E-state index in [0.717, 1.165) is 11.3 Å². The van der Waals surface area contributed by atoms with Crippen LogP contribution in [-0.2, 0) is 12.0 Å². The molecule has 0 aliphatic carbocycles. The highest BCUT2D eigenvalue weighted by Crippen LogP contribution is 2.22. The molecule has 0 aliphatic heterocycles. The van der Waals surface area contributed by atoms with Gasteiger partial charge in [-0.05, 0) is 30.0 Å². The van der Waals surface area contributed by atoms with Crippen molar-refractivity contribution in [3.63, 3.8) is 0 Å². The molecule has 1 N–H and O–H groups in total. The summed E-state index contributed by atoms with van der Waals surface area (Å²) in [5.41, 5.74) is 2.07. The molecule has 1 aromatic carbocycles. The fraction of sp³-hybridized carbons (Fsp3) is 0.389. The number of benzene rings is 1. The van der Waals surface area contributed by atoms with E-state index in [1.54, 1.807) is 6.26 Å². The number of nitrogens with one attached hydrogen (secondary N) is 1. The molecule has 21 heavy (non-hydrogen) atoms. The summed E-state index contributed by atoms with van der Waals surface area (Å²) in [5, 5.41) is 3.18. The zero-order chi connectivity index (χ0) is 15.5. The maximum absolute atomic E-state index is 12.4. The molecule has 0 radical (unpaired) electrons. The molecule has 0 saturated heterocycles. The van der Waals surface area contributed by atoms with Gasteiger partial charge in [0, 0.05) is 5.56 Å². The molecule has 3 nitrogen and oxygen atoms in total. The summed E-state index contributed by atoms with van der Waals surface area (Å²) in [4.78, 5) is 12.4. The summed E-state index contributed by atoms with van der Waals surface area (Å²) >= 11 is 0. The van der Waals surface area contributed by atoms with Gasteiger partial charge in [0.15, 0.2) is 5.78 Å². The van der Waals surface area contributed by atoms with Crippen LogP contribution < -0.4 is 5.32 Å². The summed E-state index contributed by atoms with van der Waals surface area (Å²) in [6, 6.07) is 11.4. The monoisotopic (exact) mass is 285 g/mol. The average Bonchev–Trinajstić information content (AvgIpc) is 2.96. The summed E-state index contributed by atoms with van der Waals surface area (Å²) in [6.45, 7) is 8.93. The second-order valence-corrected chi connectivity index (χ2v) is 6.37. The lowest BCUT2D eigenvalue weighted by Crippen LogP contribution is -2.33. The van der Waals surface area contributed by atoms with Crippen LogP contribution in [-0.4, -0.2) is 11.8 Å². The molecule has 1 unspecified atom stereocenters. The van der Waals surface area contributed by atoms with Gasteiger partial charge in [0.1, 0.15) is 5.76 Å². The molecule has 0 amide bonds. The SMILES string of the molecule is CC(NCc1ccco1)C(=O)c1ccc(C(C)(C)C)cc1. The van der Waals surface area contributed by atoms with Crippen LogP contribution in [0.1, 0.15) is 49.4 Å². The zero-order valence-corrected chi connectivity index (χ0v) is 13.1.